The highest BCUT2D eigenvalue weighted by atomic mass is 35.5. The number of aromatic nitrogens is 2. The lowest BCUT2D eigenvalue weighted by atomic mass is 10.0. The summed E-state index contributed by atoms with van der Waals surface area (Å²) in [6.45, 7) is 0. The van der Waals surface area contributed by atoms with Gasteiger partial charge in [0.2, 0.25) is 0 Å². The predicted molar refractivity (Wildman–Crippen MR) is 65.8 cm³/mol. The fraction of sp³-hybridized carbons (Fsp3) is 0.769. The lowest BCUT2D eigenvalue weighted by molar-refractivity contribution is 0.456. The predicted octanol–water partition coefficient (Wildman–Crippen LogP) is 3.56. The summed E-state index contributed by atoms with van der Waals surface area (Å²) in [7, 11) is 0. The number of nitrogens with zero attached hydrogens (tertiary/aromatic N) is 2. The molecule has 2 nitrogen and oxygen atoms in total. The van der Waals surface area contributed by atoms with Crippen molar-refractivity contribution >= 4 is 11.6 Å². The molecular formula is C13H19ClN2. The minimum Gasteiger partial charge on any atom is -0.269 e. The molecule has 0 unspecified atom stereocenters. The Hall–Kier alpha value is -0.500. The van der Waals surface area contributed by atoms with E-state index in [1.165, 1.54) is 44.2 Å². The first kappa shape index (κ1) is 10.6. The molecule has 0 N–H and O–H groups in total. The van der Waals surface area contributed by atoms with Crippen LogP contribution in [-0.4, -0.2) is 15.7 Å². The zero-order valence-electron chi connectivity index (χ0n) is 9.66. The van der Waals surface area contributed by atoms with E-state index < -0.39 is 0 Å². The first-order chi connectivity index (χ1) is 7.81. The van der Waals surface area contributed by atoms with E-state index in [4.69, 9.17) is 16.7 Å². The first-order valence-corrected chi connectivity index (χ1v) is 6.95. The van der Waals surface area contributed by atoms with E-state index in [1.807, 2.05) is 0 Å². The SMILES string of the molecule is ClCC1(Cc2ccn(C3CCCC3)n2)CC1. The van der Waals surface area contributed by atoms with E-state index in [2.05, 4.69) is 16.9 Å². The molecule has 2 aliphatic carbocycles. The monoisotopic (exact) mass is 238 g/mol. The summed E-state index contributed by atoms with van der Waals surface area (Å²) < 4.78 is 2.19. The maximum Gasteiger partial charge on any atom is 0.0630 e. The van der Waals surface area contributed by atoms with Crippen LogP contribution in [-0.2, 0) is 6.42 Å². The van der Waals surface area contributed by atoms with Gasteiger partial charge in [0.1, 0.15) is 0 Å². The second kappa shape index (κ2) is 4.06. The molecular weight excluding hydrogens is 220 g/mol. The van der Waals surface area contributed by atoms with Gasteiger partial charge < -0.3 is 0 Å². The normalized spacial score (nSPS) is 23.8. The van der Waals surface area contributed by atoms with Gasteiger partial charge in [-0.1, -0.05) is 12.8 Å². The molecule has 16 heavy (non-hydrogen) atoms. The molecule has 1 aromatic rings. The van der Waals surface area contributed by atoms with Gasteiger partial charge in [0.05, 0.1) is 11.7 Å². The van der Waals surface area contributed by atoms with Crippen molar-refractivity contribution in [2.75, 3.05) is 5.88 Å². The third kappa shape index (κ3) is 2.00. The fourth-order valence-electron chi connectivity index (χ4n) is 2.76. The van der Waals surface area contributed by atoms with Gasteiger partial charge >= 0.3 is 0 Å². The summed E-state index contributed by atoms with van der Waals surface area (Å²) in [5.41, 5.74) is 1.64. The molecule has 0 saturated heterocycles. The molecule has 3 heteroatoms. The summed E-state index contributed by atoms with van der Waals surface area (Å²) in [5, 5.41) is 4.72. The first-order valence-electron chi connectivity index (χ1n) is 6.41. The fourth-order valence-corrected chi connectivity index (χ4v) is 3.12. The van der Waals surface area contributed by atoms with Crippen LogP contribution in [0, 0.1) is 5.41 Å². The van der Waals surface area contributed by atoms with Gasteiger partial charge in [-0.25, -0.2) is 0 Å². The van der Waals surface area contributed by atoms with E-state index in [-0.39, 0.29) is 0 Å². The van der Waals surface area contributed by atoms with Gasteiger partial charge in [-0.15, -0.1) is 11.6 Å². The molecule has 3 rings (SSSR count). The number of alkyl halides is 1. The molecule has 0 spiro atoms. The van der Waals surface area contributed by atoms with Crippen molar-refractivity contribution in [2.45, 2.75) is 51.0 Å². The second-order valence-electron chi connectivity index (χ2n) is 5.54. The Bertz CT molecular complexity index is 362. The lowest BCUT2D eigenvalue weighted by Gasteiger charge is -2.10. The van der Waals surface area contributed by atoms with Crippen molar-refractivity contribution in [3.05, 3.63) is 18.0 Å². The summed E-state index contributed by atoms with van der Waals surface area (Å²) in [5.74, 6) is 0.795. The van der Waals surface area contributed by atoms with Crippen LogP contribution in [0.5, 0.6) is 0 Å². The van der Waals surface area contributed by atoms with Crippen LogP contribution in [0.4, 0.5) is 0 Å². The van der Waals surface area contributed by atoms with E-state index >= 15 is 0 Å². The third-order valence-corrected chi connectivity index (χ3v) is 4.73. The largest absolute Gasteiger partial charge is 0.269 e. The van der Waals surface area contributed by atoms with E-state index in [1.54, 1.807) is 0 Å². The molecule has 2 saturated carbocycles. The van der Waals surface area contributed by atoms with Crippen LogP contribution in [0.3, 0.4) is 0 Å². The van der Waals surface area contributed by atoms with Crippen molar-refractivity contribution in [1.82, 2.24) is 9.78 Å². The zero-order chi connectivity index (χ0) is 11.0. The highest BCUT2D eigenvalue weighted by Crippen LogP contribution is 2.49. The molecule has 1 heterocycles. The van der Waals surface area contributed by atoms with Gasteiger partial charge in [-0.05, 0) is 43.6 Å². The van der Waals surface area contributed by atoms with Crippen LogP contribution in [0.2, 0.25) is 0 Å². The van der Waals surface area contributed by atoms with Crippen molar-refractivity contribution in [3.63, 3.8) is 0 Å². The smallest absolute Gasteiger partial charge is 0.0630 e. The maximum atomic E-state index is 6.00. The highest BCUT2D eigenvalue weighted by Gasteiger charge is 2.42. The molecule has 0 bridgehead atoms. The second-order valence-corrected chi connectivity index (χ2v) is 5.80. The molecule has 1 aromatic heterocycles. The minimum atomic E-state index is 0.399. The van der Waals surface area contributed by atoms with E-state index in [0.29, 0.717) is 11.5 Å². The number of halogens is 1. The Balaban J connectivity index is 1.68. The van der Waals surface area contributed by atoms with Crippen molar-refractivity contribution in [1.29, 1.82) is 0 Å². The van der Waals surface area contributed by atoms with Gasteiger partial charge in [0.15, 0.2) is 0 Å². The quantitative estimate of drug-likeness (QED) is 0.734. The Morgan fingerprint density at radius 1 is 1.38 bits per heavy atom. The summed E-state index contributed by atoms with van der Waals surface area (Å²) >= 11 is 6.00. The maximum absolute atomic E-state index is 6.00. The average molecular weight is 239 g/mol. The van der Waals surface area contributed by atoms with E-state index in [0.717, 1.165) is 12.3 Å². The zero-order valence-corrected chi connectivity index (χ0v) is 10.4. The number of rotatable bonds is 4. The lowest BCUT2D eigenvalue weighted by Crippen LogP contribution is -2.09. The Labute approximate surface area is 102 Å². The van der Waals surface area contributed by atoms with Crippen LogP contribution in [0.1, 0.15) is 50.3 Å². The van der Waals surface area contributed by atoms with Crippen molar-refractivity contribution in [3.8, 4) is 0 Å². The summed E-state index contributed by atoms with van der Waals surface area (Å²) in [6.07, 6.45) is 11.2. The Morgan fingerprint density at radius 2 is 2.12 bits per heavy atom. The third-order valence-electron chi connectivity index (χ3n) is 4.16. The molecule has 2 fully saturated rings. The van der Waals surface area contributed by atoms with Crippen molar-refractivity contribution < 1.29 is 0 Å². The van der Waals surface area contributed by atoms with Crippen molar-refractivity contribution in [2.24, 2.45) is 5.41 Å². The summed E-state index contributed by atoms with van der Waals surface area (Å²) in [4.78, 5) is 0. The van der Waals surface area contributed by atoms with Gasteiger partial charge in [-0.2, -0.15) is 5.10 Å². The molecule has 0 amide bonds. The van der Waals surface area contributed by atoms with Crippen LogP contribution in [0.15, 0.2) is 12.3 Å². The topological polar surface area (TPSA) is 17.8 Å². The molecule has 0 aliphatic heterocycles. The summed E-state index contributed by atoms with van der Waals surface area (Å²) in [6, 6.07) is 2.85. The number of hydrogen-bond donors (Lipinski definition) is 0. The Kier molecular flexibility index (Phi) is 2.70. The molecule has 0 aromatic carbocycles. The van der Waals surface area contributed by atoms with Gasteiger partial charge in [0, 0.05) is 12.1 Å². The van der Waals surface area contributed by atoms with Crippen LogP contribution >= 0.6 is 11.6 Å². The molecule has 88 valence electrons. The average Bonchev–Trinajstić information content (AvgIpc) is 2.72. The standard InChI is InChI=1S/C13H19ClN2/c14-10-13(6-7-13)9-11-5-8-16(15-11)12-3-1-2-4-12/h5,8,12H,1-4,6-7,9-10H2. The molecule has 2 aliphatic rings. The molecule has 0 atom stereocenters. The van der Waals surface area contributed by atoms with Gasteiger partial charge in [-0.3, -0.25) is 4.68 Å². The minimum absolute atomic E-state index is 0.399. The Morgan fingerprint density at radius 3 is 2.75 bits per heavy atom. The van der Waals surface area contributed by atoms with E-state index in [9.17, 15) is 0 Å². The van der Waals surface area contributed by atoms with Gasteiger partial charge in [0.25, 0.3) is 0 Å². The van der Waals surface area contributed by atoms with Crippen LogP contribution < -0.4 is 0 Å². The highest BCUT2D eigenvalue weighted by molar-refractivity contribution is 6.18. The number of hydrogen-bond acceptors (Lipinski definition) is 1. The van der Waals surface area contributed by atoms with Crippen LogP contribution in [0.25, 0.3) is 0 Å². The molecule has 0 radical (unpaired) electrons.